The summed E-state index contributed by atoms with van der Waals surface area (Å²) in [6.45, 7) is 2.03. The van der Waals surface area contributed by atoms with Gasteiger partial charge < -0.3 is 5.32 Å². The Morgan fingerprint density at radius 1 is 0.811 bits per heavy atom. The van der Waals surface area contributed by atoms with Crippen molar-refractivity contribution in [3.05, 3.63) is 124 Å². The van der Waals surface area contributed by atoms with Crippen LogP contribution in [0.15, 0.2) is 108 Å². The van der Waals surface area contributed by atoms with Gasteiger partial charge in [-0.05, 0) is 55.5 Å². The molecule has 0 aliphatic heterocycles. The van der Waals surface area contributed by atoms with Crippen molar-refractivity contribution in [3.63, 3.8) is 0 Å². The summed E-state index contributed by atoms with van der Waals surface area (Å²) in [6.07, 6.45) is 0. The van der Waals surface area contributed by atoms with Crippen LogP contribution in [-0.4, -0.2) is 14.5 Å². The zero-order valence-electron chi connectivity index (χ0n) is 19.9. The molecule has 2 heterocycles. The maximum absolute atomic E-state index is 13.9. The molecule has 2 aromatic heterocycles. The number of halogens is 1. The molecule has 0 bridgehead atoms. The van der Waals surface area contributed by atoms with Gasteiger partial charge in [0.25, 0.3) is 5.56 Å². The first-order valence-corrected chi connectivity index (χ1v) is 12.9. The molecule has 0 fully saturated rings. The minimum absolute atomic E-state index is 0.121. The lowest BCUT2D eigenvalue weighted by Gasteiger charge is -2.14. The number of fused-ring (bicyclic) bond motifs is 1. The second-order valence-corrected chi connectivity index (χ2v) is 10.1. The van der Waals surface area contributed by atoms with Gasteiger partial charge >= 0.3 is 0 Å². The van der Waals surface area contributed by atoms with Crippen LogP contribution in [0.2, 0.25) is 5.02 Å². The van der Waals surface area contributed by atoms with Gasteiger partial charge in [-0.1, -0.05) is 83.1 Å². The van der Waals surface area contributed by atoms with Gasteiger partial charge in [-0.2, -0.15) is 0 Å². The lowest BCUT2D eigenvalue weighted by molar-refractivity contribution is 0.978. The van der Waals surface area contributed by atoms with Crippen LogP contribution in [0.25, 0.3) is 38.5 Å². The smallest absolute Gasteiger partial charge is 0.266 e. The number of anilines is 2. The standard InChI is InChI=1S/C30H21ClN4OS/c1-19-11-17-23(18-12-19)35-28(33-25-10-6-5-9-24(25)29(35)36)27-26(20-7-3-2-4-8-20)34-30(37-27)32-22-15-13-21(31)14-16-22/h2-18H,1H3,(H,32,34). The van der Waals surface area contributed by atoms with Gasteiger partial charge in [0.2, 0.25) is 0 Å². The molecule has 0 atom stereocenters. The maximum Gasteiger partial charge on any atom is 0.266 e. The minimum Gasteiger partial charge on any atom is -0.332 e. The summed E-state index contributed by atoms with van der Waals surface area (Å²) in [5.74, 6) is 0.549. The summed E-state index contributed by atoms with van der Waals surface area (Å²) in [6, 6.07) is 32.8. The molecule has 0 saturated heterocycles. The molecule has 0 spiro atoms. The first-order chi connectivity index (χ1) is 18.1. The zero-order valence-corrected chi connectivity index (χ0v) is 21.4. The van der Waals surface area contributed by atoms with E-state index in [0.29, 0.717) is 26.9 Å². The number of nitrogens with one attached hydrogen (secondary N) is 1. The average molecular weight is 521 g/mol. The van der Waals surface area contributed by atoms with E-state index in [1.807, 2.05) is 110 Å². The van der Waals surface area contributed by atoms with Crippen LogP contribution in [0.5, 0.6) is 0 Å². The molecule has 4 aromatic carbocycles. The molecule has 6 rings (SSSR count). The highest BCUT2D eigenvalue weighted by molar-refractivity contribution is 7.19. The van der Waals surface area contributed by atoms with Crippen molar-refractivity contribution in [1.82, 2.24) is 14.5 Å². The highest BCUT2D eigenvalue weighted by Crippen LogP contribution is 2.40. The van der Waals surface area contributed by atoms with Gasteiger partial charge in [-0.25, -0.2) is 9.97 Å². The Morgan fingerprint density at radius 3 is 2.27 bits per heavy atom. The molecular weight excluding hydrogens is 500 g/mol. The van der Waals surface area contributed by atoms with Gasteiger partial charge in [0.05, 0.1) is 22.3 Å². The van der Waals surface area contributed by atoms with E-state index in [1.54, 1.807) is 4.57 Å². The van der Waals surface area contributed by atoms with E-state index >= 15 is 0 Å². The number of hydrogen-bond acceptors (Lipinski definition) is 5. The number of aryl methyl sites for hydroxylation is 1. The fourth-order valence-corrected chi connectivity index (χ4v) is 5.31. The molecule has 0 aliphatic rings. The lowest BCUT2D eigenvalue weighted by Crippen LogP contribution is -2.21. The van der Waals surface area contributed by atoms with Gasteiger partial charge in [-0.3, -0.25) is 9.36 Å². The second kappa shape index (κ2) is 9.65. The normalized spacial score (nSPS) is 11.1. The molecule has 7 heteroatoms. The highest BCUT2D eigenvalue weighted by Gasteiger charge is 2.22. The number of aromatic nitrogens is 3. The van der Waals surface area contributed by atoms with Crippen LogP contribution in [0, 0.1) is 6.92 Å². The number of benzene rings is 4. The molecule has 5 nitrogen and oxygen atoms in total. The van der Waals surface area contributed by atoms with Crippen LogP contribution < -0.4 is 10.9 Å². The van der Waals surface area contributed by atoms with Gasteiger partial charge in [-0.15, -0.1) is 0 Å². The molecule has 1 N–H and O–H groups in total. The van der Waals surface area contributed by atoms with Gasteiger partial charge in [0, 0.05) is 16.3 Å². The summed E-state index contributed by atoms with van der Waals surface area (Å²) < 4.78 is 1.69. The lowest BCUT2D eigenvalue weighted by atomic mass is 10.1. The fourth-order valence-electron chi connectivity index (χ4n) is 4.19. The summed E-state index contributed by atoms with van der Waals surface area (Å²) >= 11 is 7.53. The Balaban J connectivity index is 1.62. The van der Waals surface area contributed by atoms with Crippen molar-refractivity contribution < 1.29 is 0 Å². The number of rotatable bonds is 5. The first kappa shape index (κ1) is 23.2. The van der Waals surface area contributed by atoms with E-state index in [1.165, 1.54) is 11.3 Å². The minimum atomic E-state index is -0.121. The van der Waals surface area contributed by atoms with Crippen LogP contribution >= 0.6 is 22.9 Å². The van der Waals surface area contributed by atoms with Gasteiger partial charge in [0.1, 0.15) is 4.88 Å². The summed E-state index contributed by atoms with van der Waals surface area (Å²) in [5, 5.41) is 5.30. The monoisotopic (exact) mass is 520 g/mol. The maximum atomic E-state index is 13.9. The van der Waals surface area contributed by atoms with Crippen molar-refractivity contribution in [3.8, 4) is 27.6 Å². The molecule has 0 radical (unpaired) electrons. The van der Waals surface area contributed by atoms with E-state index < -0.39 is 0 Å². The predicted molar refractivity (Wildman–Crippen MR) is 153 cm³/mol. The SMILES string of the molecule is Cc1ccc(-n2c(-c3sc(Nc4ccc(Cl)cc4)nc3-c3ccccc3)nc3ccccc3c2=O)cc1. The van der Waals surface area contributed by atoms with Crippen molar-refractivity contribution in [2.45, 2.75) is 6.92 Å². The van der Waals surface area contributed by atoms with E-state index in [0.717, 1.165) is 33.1 Å². The number of hydrogen-bond donors (Lipinski definition) is 1. The van der Waals surface area contributed by atoms with Crippen molar-refractivity contribution in [2.24, 2.45) is 0 Å². The number of para-hydroxylation sites is 1. The third-order valence-corrected chi connectivity index (χ3v) is 7.26. The quantitative estimate of drug-likeness (QED) is 0.251. The largest absolute Gasteiger partial charge is 0.332 e. The molecule has 0 saturated carbocycles. The number of thiazole rings is 1. The Labute approximate surface area is 222 Å². The fraction of sp³-hybridized carbons (Fsp3) is 0.0333. The van der Waals surface area contributed by atoms with E-state index in [-0.39, 0.29) is 5.56 Å². The molecule has 0 aliphatic carbocycles. The number of nitrogens with zero attached hydrogens (tertiary/aromatic N) is 3. The van der Waals surface area contributed by atoms with Crippen LogP contribution in [-0.2, 0) is 0 Å². The van der Waals surface area contributed by atoms with Crippen molar-refractivity contribution in [1.29, 1.82) is 0 Å². The molecule has 37 heavy (non-hydrogen) atoms. The summed E-state index contributed by atoms with van der Waals surface area (Å²) in [4.78, 5) is 24.6. The van der Waals surface area contributed by atoms with Crippen LogP contribution in [0.4, 0.5) is 10.8 Å². The van der Waals surface area contributed by atoms with Crippen molar-refractivity contribution in [2.75, 3.05) is 5.32 Å². The van der Waals surface area contributed by atoms with Crippen LogP contribution in [0.1, 0.15) is 5.56 Å². The van der Waals surface area contributed by atoms with E-state index in [2.05, 4.69) is 5.32 Å². The Morgan fingerprint density at radius 2 is 1.51 bits per heavy atom. The molecule has 180 valence electrons. The summed E-state index contributed by atoms with van der Waals surface area (Å²) in [7, 11) is 0. The van der Waals surface area contributed by atoms with E-state index in [9.17, 15) is 4.79 Å². The molecular formula is C30H21ClN4OS. The second-order valence-electron chi connectivity index (χ2n) is 8.62. The third kappa shape index (κ3) is 4.53. The van der Waals surface area contributed by atoms with Crippen molar-refractivity contribution >= 4 is 44.7 Å². The first-order valence-electron chi connectivity index (χ1n) is 11.7. The summed E-state index contributed by atoms with van der Waals surface area (Å²) in [5.41, 5.74) is 4.95. The molecule has 0 unspecified atom stereocenters. The van der Waals surface area contributed by atoms with Gasteiger partial charge in [0.15, 0.2) is 11.0 Å². The predicted octanol–water partition coefficient (Wildman–Crippen LogP) is 7.88. The third-order valence-electron chi connectivity index (χ3n) is 6.04. The average Bonchev–Trinajstić information content (AvgIpc) is 3.35. The highest BCUT2D eigenvalue weighted by atomic mass is 35.5. The molecule has 0 amide bonds. The molecule has 6 aromatic rings. The zero-order chi connectivity index (χ0) is 25.4. The van der Waals surface area contributed by atoms with Crippen LogP contribution in [0.3, 0.4) is 0 Å². The Kier molecular flexibility index (Phi) is 6.04. The Hall–Kier alpha value is -4.26. The topological polar surface area (TPSA) is 59.8 Å². The Bertz CT molecular complexity index is 1780. The van der Waals surface area contributed by atoms with E-state index in [4.69, 9.17) is 21.6 Å².